The number of hydrogen-bond acceptors (Lipinski definition) is 2. The van der Waals surface area contributed by atoms with Crippen molar-refractivity contribution >= 4 is 17.2 Å². The summed E-state index contributed by atoms with van der Waals surface area (Å²) < 4.78 is 1.91. The maximum absolute atomic E-state index is 10.8. The summed E-state index contributed by atoms with van der Waals surface area (Å²) in [7, 11) is 0. The van der Waals surface area contributed by atoms with Crippen LogP contribution in [0.25, 0.3) is 10.9 Å². The van der Waals surface area contributed by atoms with Crippen molar-refractivity contribution in [1.29, 1.82) is 0 Å². The van der Waals surface area contributed by atoms with Crippen LogP contribution in [0.15, 0.2) is 24.3 Å². The van der Waals surface area contributed by atoms with Crippen LogP contribution in [0.1, 0.15) is 24.3 Å². The molecule has 1 heterocycles. The Kier molecular flexibility index (Phi) is 2.54. The Morgan fingerprint density at radius 3 is 2.80 bits per heavy atom. The zero-order chi connectivity index (χ0) is 10.8. The van der Waals surface area contributed by atoms with Crippen molar-refractivity contribution in [3.05, 3.63) is 30.0 Å². The van der Waals surface area contributed by atoms with Gasteiger partial charge in [0.2, 0.25) is 0 Å². The summed E-state index contributed by atoms with van der Waals surface area (Å²) in [6, 6.07) is 7.83. The van der Waals surface area contributed by atoms with Crippen LogP contribution in [0.3, 0.4) is 0 Å². The average Bonchev–Trinajstić information content (AvgIpc) is 2.56. The highest BCUT2D eigenvalue weighted by Gasteiger charge is 2.09. The second kappa shape index (κ2) is 3.85. The first kappa shape index (κ1) is 9.90. The quantitative estimate of drug-likeness (QED) is 0.717. The standard InChI is InChI=1S/C12H14N2O/c1-9(2)7-14-12-6-4-3-5-10(12)11(8-15)13-14/h3-6,8-9H,7H2,1-2H3. The molecule has 0 aliphatic heterocycles. The van der Waals surface area contributed by atoms with E-state index in [4.69, 9.17) is 0 Å². The molecule has 0 fully saturated rings. The fourth-order valence-electron chi connectivity index (χ4n) is 1.73. The number of fused-ring (bicyclic) bond motifs is 1. The van der Waals surface area contributed by atoms with Crippen LogP contribution >= 0.6 is 0 Å². The number of benzene rings is 1. The molecule has 1 aromatic heterocycles. The van der Waals surface area contributed by atoms with Crippen molar-refractivity contribution in [2.24, 2.45) is 5.92 Å². The number of rotatable bonds is 3. The summed E-state index contributed by atoms with van der Waals surface area (Å²) in [5, 5.41) is 5.23. The van der Waals surface area contributed by atoms with Gasteiger partial charge in [0.25, 0.3) is 0 Å². The molecule has 0 saturated carbocycles. The summed E-state index contributed by atoms with van der Waals surface area (Å²) >= 11 is 0. The fourth-order valence-corrected chi connectivity index (χ4v) is 1.73. The molecule has 0 spiro atoms. The lowest BCUT2D eigenvalue weighted by atomic mass is 10.2. The van der Waals surface area contributed by atoms with E-state index in [2.05, 4.69) is 18.9 Å². The molecule has 15 heavy (non-hydrogen) atoms. The lowest BCUT2D eigenvalue weighted by Crippen LogP contribution is -2.06. The Balaban J connectivity index is 2.59. The van der Waals surface area contributed by atoms with Crippen LogP contribution in [-0.4, -0.2) is 16.1 Å². The first-order valence-electron chi connectivity index (χ1n) is 5.13. The summed E-state index contributed by atoms with van der Waals surface area (Å²) in [5.41, 5.74) is 1.57. The van der Waals surface area contributed by atoms with E-state index in [1.807, 2.05) is 28.9 Å². The van der Waals surface area contributed by atoms with Crippen molar-refractivity contribution in [3.8, 4) is 0 Å². The second-order valence-corrected chi connectivity index (χ2v) is 4.10. The summed E-state index contributed by atoms with van der Waals surface area (Å²) in [6.07, 6.45) is 0.819. The highest BCUT2D eigenvalue weighted by molar-refractivity contribution is 5.95. The second-order valence-electron chi connectivity index (χ2n) is 4.10. The molecule has 2 aromatic rings. The zero-order valence-electron chi connectivity index (χ0n) is 8.97. The molecule has 0 atom stereocenters. The molecule has 1 aromatic carbocycles. The number of carbonyl (C=O) groups is 1. The largest absolute Gasteiger partial charge is 0.296 e. The van der Waals surface area contributed by atoms with E-state index >= 15 is 0 Å². The van der Waals surface area contributed by atoms with Gasteiger partial charge in [0.15, 0.2) is 6.29 Å². The number of nitrogens with zero attached hydrogens (tertiary/aromatic N) is 2. The first-order chi connectivity index (χ1) is 7.22. The lowest BCUT2D eigenvalue weighted by molar-refractivity contribution is 0.111. The molecule has 0 unspecified atom stereocenters. The summed E-state index contributed by atoms with van der Waals surface area (Å²) in [6.45, 7) is 5.11. The molecule has 0 saturated heterocycles. The third kappa shape index (κ3) is 1.77. The summed E-state index contributed by atoms with van der Waals surface area (Å²) in [5.74, 6) is 0.521. The van der Waals surface area contributed by atoms with Gasteiger partial charge in [-0.2, -0.15) is 5.10 Å². The van der Waals surface area contributed by atoms with Gasteiger partial charge in [-0.05, 0) is 12.0 Å². The number of aldehydes is 1. The Hall–Kier alpha value is -1.64. The van der Waals surface area contributed by atoms with Gasteiger partial charge in [-0.25, -0.2) is 0 Å². The Bertz CT molecular complexity index is 485. The summed E-state index contributed by atoms with van der Waals surface area (Å²) in [4.78, 5) is 10.8. The molecule has 3 heteroatoms. The molecule has 0 radical (unpaired) electrons. The van der Waals surface area contributed by atoms with Gasteiger partial charge in [0.05, 0.1) is 5.52 Å². The monoisotopic (exact) mass is 202 g/mol. The van der Waals surface area contributed by atoms with E-state index in [0.717, 1.165) is 23.7 Å². The van der Waals surface area contributed by atoms with Gasteiger partial charge >= 0.3 is 0 Å². The van der Waals surface area contributed by atoms with Gasteiger partial charge in [0, 0.05) is 11.9 Å². The topological polar surface area (TPSA) is 34.9 Å². The van der Waals surface area contributed by atoms with E-state index in [-0.39, 0.29) is 0 Å². The molecule has 0 bridgehead atoms. The molecule has 0 aliphatic carbocycles. The number of hydrogen-bond donors (Lipinski definition) is 0. The first-order valence-corrected chi connectivity index (χ1v) is 5.13. The molecule has 0 amide bonds. The number of para-hydroxylation sites is 1. The van der Waals surface area contributed by atoms with Crippen LogP contribution in [0, 0.1) is 5.92 Å². The predicted molar refractivity (Wildman–Crippen MR) is 60.0 cm³/mol. The predicted octanol–water partition coefficient (Wildman–Crippen LogP) is 2.50. The third-order valence-corrected chi connectivity index (χ3v) is 2.34. The van der Waals surface area contributed by atoms with E-state index in [0.29, 0.717) is 11.6 Å². The van der Waals surface area contributed by atoms with Crippen LogP contribution in [0.4, 0.5) is 0 Å². The normalized spacial score (nSPS) is 11.1. The minimum absolute atomic E-state index is 0.521. The Morgan fingerprint density at radius 1 is 1.40 bits per heavy atom. The Labute approximate surface area is 88.7 Å². The van der Waals surface area contributed by atoms with Crippen LogP contribution in [-0.2, 0) is 6.54 Å². The minimum Gasteiger partial charge on any atom is -0.296 e. The molecular weight excluding hydrogens is 188 g/mol. The highest BCUT2D eigenvalue weighted by Crippen LogP contribution is 2.17. The van der Waals surface area contributed by atoms with Crippen molar-refractivity contribution in [2.45, 2.75) is 20.4 Å². The highest BCUT2D eigenvalue weighted by atomic mass is 16.1. The smallest absolute Gasteiger partial charge is 0.170 e. The maximum atomic E-state index is 10.8. The molecule has 2 rings (SSSR count). The van der Waals surface area contributed by atoms with E-state index in [9.17, 15) is 4.79 Å². The SMILES string of the molecule is CC(C)Cn1nc(C=O)c2ccccc21. The van der Waals surface area contributed by atoms with Gasteiger partial charge in [-0.3, -0.25) is 9.48 Å². The average molecular weight is 202 g/mol. The van der Waals surface area contributed by atoms with Crippen molar-refractivity contribution in [3.63, 3.8) is 0 Å². The number of carbonyl (C=O) groups excluding carboxylic acids is 1. The van der Waals surface area contributed by atoms with Gasteiger partial charge in [0.1, 0.15) is 5.69 Å². The molecule has 3 nitrogen and oxygen atoms in total. The van der Waals surface area contributed by atoms with Crippen molar-refractivity contribution in [2.75, 3.05) is 0 Å². The number of aromatic nitrogens is 2. The zero-order valence-corrected chi connectivity index (χ0v) is 8.97. The third-order valence-electron chi connectivity index (χ3n) is 2.34. The van der Waals surface area contributed by atoms with Gasteiger partial charge in [-0.15, -0.1) is 0 Å². The van der Waals surface area contributed by atoms with E-state index in [1.54, 1.807) is 0 Å². The molecule has 0 N–H and O–H groups in total. The molecule has 78 valence electrons. The van der Waals surface area contributed by atoms with Crippen molar-refractivity contribution in [1.82, 2.24) is 9.78 Å². The molecular formula is C12H14N2O. The van der Waals surface area contributed by atoms with Gasteiger partial charge in [-0.1, -0.05) is 32.0 Å². The fraction of sp³-hybridized carbons (Fsp3) is 0.333. The van der Waals surface area contributed by atoms with Crippen LogP contribution in [0.5, 0.6) is 0 Å². The van der Waals surface area contributed by atoms with Crippen LogP contribution < -0.4 is 0 Å². The van der Waals surface area contributed by atoms with E-state index < -0.39 is 0 Å². The maximum Gasteiger partial charge on any atom is 0.170 e. The lowest BCUT2D eigenvalue weighted by Gasteiger charge is -2.05. The molecule has 0 aliphatic rings. The van der Waals surface area contributed by atoms with Gasteiger partial charge < -0.3 is 0 Å². The minimum atomic E-state index is 0.521. The van der Waals surface area contributed by atoms with Crippen molar-refractivity contribution < 1.29 is 4.79 Å². The van der Waals surface area contributed by atoms with E-state index in [1.165, 1.54) is 0 Å². The van der Waals surface area contributed by atoms with Crippen LogP contribution in [0.2, 0.25) is 0 Å². The Morgan fingerprint density at radius 2 is 2.13 bits per heavy atom.